The molecule has 1 saturated heterocycles. The van der Waals surface area contributed by atoms with E-state index < -0.39 is 17.7 Å². The molecule has 34 heavy (non-hydrogen) atoms. The number of benzene rings is 2. The highest BCUT2D eigenvalue weighted by Crippen LogP contribution is 2.39. The molecular weight excluding hydrogens is 450 g/mol. The maximum atomic E-state index is 13.3. The molecule has 2 aromatic rings. The minimum absolute atomic E-state index is 0.155. The number of ether oxygens (including phenoxy) is 1. The quantitative estimate of drug-likeness (QED) is 0.484. The normalized spacial score (nSPS) is 20.6. The standard InChI is InChI=1S/C25H29F4N3O2/c1-34-12-2-9-30-24(33)21-14-18-13-19(25(27,28)29)5-8-22(18)32-11-10-31(16-23(21)32)15-17-3-6-20(26)7-4-17/h3-8,13,21,23H,2,9-12,14-16H2,1H3,(H,30,33)/t21-,23+/m0/s1. The van der Waals surface area contributed by atoms with E-state index in [1.807, 2.05) is 0 Å². The second-order valence-electron chi connectivity index (χ2n) is 8.91. The molecule has 2 heterocycles. The zero-order valence-corrected chi connectivity index (χ0v) is 19.1. The molecule has 1 fully saturated rings. The van der Waals surface area contributed by atoms with Crippen LogP contribution in [0.25, 0.3) is 0 Å². The van der Waals surface area contributed by atoms with Crippen LogP contribution in [-0.4, -0.2) is 56.7 Å². The zero-order chi connectivity index (χ0) is 24.3. The summed E-state index contributed by atoms with van der Waals surface area (Å²) < 4.78 is 58.3. The van der Waals surface area contributed by atoms with Gasteiger partial charge in [-0.05, 0) is 54.3 Å². The Morgan fingerprint density at radius 2 is 1.91 bits per heavy atom. The average molecular weight is 480 g/mol. The van der Waals surface area contributed by atoms with Crippen LogP contribution in [0.5, 0.6) is 0 Å². The number of carbonyl (C=O) groups excluding carboxylic acids is 1. The summed E-state index contributed by atoms with van der Waals surface area (Å²) in [5, 5.41) is 2.94. The summed E-state index contributed by atoms with van der Waals surface area (Å²) in [4.78, 5) is 17.4. The summed E-state index contributed by atoms with van der Waals surface area (Å²) >= 11 is 0. The third-order valence-electron chi connectivity index (χ3n) is 6.60. The number of amides is 1. The van der Waals surface area contributed by atoms with Gasteiger partial charge in [0.2, 0.25) is 5.91 Å². The fourth-order valence-electron chi connectivity index (χ4n) is 4.91. The van der Waals surface area contributed by atoms with E-state index in [-0.39, 0.29) is 24.2 Å². The third-order valence-corrected chi connectivity index (χ3v) is 6.60. The van der Waals surface area contributed by atoms with Crippen LogP contribution in [0.4, 0.5) is 23.2 Å². The fourth-order valence-corrected chi connectivity index (χ4v) is 4.91. The van der Waals surface area contributed by atoms with Gasteiger partial charge in [-0.2, -0.15) is 13.2 Å². The fraction of sp³-hybridized carbons (Fsp3) is 0.480. The Kier molecular flexibility index (Phi) is 7.42. The Bertz CT molecular complexity index is 997. The van der Waals surface area contributed by atoms with Crippen molar-refractivity contribution in [2.24, 2.45) is 5.92 Å². The molecule has 2 aliphatic heterocycles. The van der Waals surface area contributed by atoms with Crippen molar-refractivity contribution in [3.8, 4) is 0 Å². The first-order valence-electron chi connectivity index (χ1n) is 11.5. The summed E-state index contributed by atoms with van der Waals surface area (Å²) in [6.45, 7) is 3.46. The van der Waals surface area contributed by atoms with Gasteiger partial charge in [-0.1, -0.05) is 12.1 Å². The predicted octanol–water partition coefficient (Wildman–Crippen LogP) is 3.86. The predicted molar refractivity (Wildman–Crippen MR) is 121 cm³/mol. The first-order chi connectivity index (χ1) is 16.3. The number of methoxy groups -OCH3 is 1. The molecule has 5 nitrogen and oxygen atoms in total. The van der Waals surface area contributed by atoms with Crippen molar-refractivity contribution in [3.63, 3.8) is 0 Å². The summed E-state index contributed by atoms with van der Waals surface area (Å²) in [7, 11) is 1.59. The molecule has 0 radical (unpaired) electrons. The van der Waals surface area contributed by atoms with Gasteiger partial charge in [0.05, 0.1) is 17.5 Å². The largest absolute Gasteiger partial charge is 0.416 e. The molecule has 1 N–H and O–H groups in total. The van der Waals surface area contributed by atoms with Crippen LogP contribution in [0.1, 0.15) is 23.1 Å². The van der Waals surface area contributed by atoms with Crippen LogP contribution in [0.3, 0.4) is 0 Å². The Morgan fingerprint density at radius 1 is 1.15 bits per heavy atom. The van der Waals surface area contributed by atoms with Gasteiger partial charge >= 0.3 is 6.18 Å². The first kappa shape index (κ1) is 24.5. The molecule has 184 valence electrons. The van der Waals surface area contributed by atoms with Crippen LogP contribution in [0.2, 0.25) is 0 Å². The molecule has 0 spiro atoms. The van der Waals surface area contributed by atoms with Crippen LogP contribution in [0, 0.1) is 11.7 Å². The highest BCUT2D eigenvalue weighted by molar-refractivity contribution is 5.82. The van der Waals surface area contributed by atoms with Crippen molar-refractivity contribution in [1.29, 1.82) is 0 Å². The van der Waals surface area contributed by atoms with Crippen molar-refractivity contribution < 1.29 is 27.1 Å². The zero-order valence-electron chi connectivity index (χ0n) is 19.1. The van der Waals surface area contributed by atoms with E-state index in [9.17, 15) is 22.4 Å². The molecule has 0 saturated carbocycles. The second-order valence-corrected chi connectivity index (χ2v) is 8.91. The van der Waals surface area contributed by atoms with Crippen LogP contribution >= 0.6 is 0 Å². The molecule has 0 bridgehead atoms. The lowest BCUT2D eigenvalue weighted by Crippen LogP contribution is -2.61. The van der Waals surface area contributed by atoms with Crippen molar-refractivity contribution in [3.05, 3.63) is 65.0 Å². The smallest absolute Gasteiger partial charge is 0.385 e. The SMILES string of the molecule is COCCCNC(=O)[C@H]1Cc2cc(C(F)(F)F)ccc2N2CCN(Cc3ccc(F)cc3)C[C@H]12. The minimum Gasteiger partial charge on any atom is -0.385 e. The van der Waals surface area contributed by atoms with Gasteiger partial charge in [0.15, 0.2) is 0 Å². The van der Waals surface area contributed by atoms with Gasteiger partial charge in [-0.15, -0.1) is 0 Å². The van der Waals surface area contributed by atoms with Crippen molar-refractivity contribution in [2.45, 2.75) is 31.6 Å². The lowest BCUT2D eigenvalue weighted by molar-refractivity contribution is -0.137. The number of rotatable bonds is 7. The highest BCUT2D eigenvalue weighted by atomic mass is 19.4. The molecule has 0 unspecified atom stereocenters. The number of carbonyl (C=O) groups is 1. The van der Waals surface area contributed by atoms with E-state index >= 15 is 0 Å². The Balaban J connectivity index is 1.56. The van der Waals surface area contributed by atoms with E-state index in [0.29, 0.717) is 51.3 Å². The summed E-state index contributed by atoms with van der Waals surface area (Å²) in [6, 6.07) is 10.0. The number of anilines is 1. The average Bonchev–Trinajstić information content (AvgIpc) is 2.81. The molecule has 0 aromatic heterocycles. The molecule has 0 aliphatic carbocycles. The molecule has 1 amide bonds. The number of hydrogen-bond donors (Lipinski definition) is 1. The molecule has 2 aliphatic rings. The lowest BCUT2D eigenvalue weighted by Gasteiger charge is -2.49. The van der Waals surface area contributed by atoms with E-state index in [2.05, 4.69) is 15.1 Å². The first-order valence-corrected chi connectivity index (χ1v) is 11.5. The summed E-state index contributed by atoms with van der Waals surface area (Å²) in [5.74, 6) is -0.923. The van der Waals surface area contributed by atoms with Gasteiger partial charge in [-0.25, -0.2) is 4.39 Å². The summed E-state index contributed by atoms with van der Waals surface area (Å²) in [5.41, 5.74) is 1.60. The molecule has 2 atom stereocenters. The van der Waals surface area contributed by atoms with Gasteiger partial charge in [0.1, 0.15) is 5.82 Å². The van der Waals surface area contributed by atoms with Gasteiger partial charge in [0, 0.05) is 52.1 Å². The number of nitrogens with one attached hydrogen (secondary N) is 1. The minimum atomic E-state index is -4.43. The highest BCUT2D eigenvalue weighted by Gasteiger charge is 2.42. The van der Waals surface area contributed by atoms with Crippen LogP contribution in [0.15, 0.2) is 42.5 Å². The number of halogens is 4. The molecular formula is C25H29F4N3O2. The maximum Gasteiger partial charge on any atom is 0.416 e. The monoisotopic (exact) mass is 479 g/mol. The number of nitrogens with zero attached hydrogens (tertiary/aromatic N) is 2. The third kappa shape index (κ3) is 5.52. The number of alkyl halides is 3. The van der Waals surface area contributed by atoms with E-state index in [1.165, 1.54) is 24.3 Å². The Labute approximate surface area is 196 Å². The number of piperazine rings is 1. The molecule has 9 heteroatoms. The van der Waals surface area contributed by atoms with Gasteiger partial charge in [0.25, 0.3) is 0 Å². The molecule has 4 rings (SSSR count). The topological polar surface area (TPSA) is 44.8 Å². The number of hydrogen-bond acceptors (Lipinski definition) is 4. The van der Waals surface area contributed by atoms with Crippen molar-refractivity contribution >= 4 is 11.6 Å². The van der Waals surface area contributed by atoms with E-state index in [4.69, 9.17) is 4.74 Å². The van der Waals surface area contributed by atoms with E-state index in [1.54, 1.807) is 19.2 Å². The maximum absolute atomic E-state index is 13.3. The van der Waals surface area contributed by atoms with Crippen LogP contribution in [-0.2, 0) is 28.7 Å². The Morgan fingerprint density at radius 3 is 2.62 bits per heavy atom. The van der Waals surface area contributed by atoms with Crippen molar-refractivity contribution in [1.82, 2.24) is 10.2 Å². The lowest BCUT2D eigenvalue weighted by atomic mass is 9.82. The summed E-state index contributed by atoms with van der Waals surface area (Å²) in [6.07, 6.45) is -3.52. The number of fused-ring (bicyclic) bond motifs is 3. The molecule has 2 aromatic carbocycles. The van der Waals surface area contributed by atoms with E-state index in [0.717, 1.165) is 17.3 Å². The Hall–Kier alpha value is -2.65. The van der Waals surface area contributed by atoms with Gasteiger partial charge in [-0.3, -0.25) is 9.69 Å². The van der Waals surface area contributed by atoms with Crippen molar-refractivity contribution in [2.75, 3.05) is 44.8 Å². The van der Waals surface area contributed by atoms with Gasteiger partial charge < -0.3 is 15.0 Å². The van der Waals surface area contributed by atoms with Crippen LogP contribution < -0.4 is 10.2 Å². The second kappa shape index (κ2) is 10.3.